The van der Waals surface area contributed by atoms with Crippen LogP contribution in [0.1, 0.15) is 39.5 Å². The van der Waals surface area contributed by atoms with Gasteiger partial charge < -0.3 is 0 Å². The Kier molecular flexibility index (Phi) is 2.34. The molecule has 2 aliphatic carbocycles. The van der Waals surface area contributed by atoms with Crippen LogP contribution in [0.2, 0.25) is 0 Å². The molecule has 0 unspecified atom stereocenters. The first kappa shape index (κ1) is 9.70. The third kappa shape index (κ3) is 1.45. The van der Waals surface area contributed by atoms with Gasteiger partial charge in [0, 0.05) is 12.3 Å². The highest BCUT2D eigenvalue weighted by Gasteiger charge is 2.44. The standard InChI is InChI=1S/C13H18O/c1-10-6-4-3-5-8-13(2)9-7-11(14)12(10)13/h3-4,6,12H,5,7-9H2,1-2H3/b4-3-,10-6-/t12-,13+/m0/s1. The van der Waals surface area contributed by atoms with Crippen molar-refractivity contribution in [3.8, 4) is 0 Å². The summed E-state index contributed by atoms with van der Waals surface area (Å²) >= 11 is 0. The van der Waals surface area contributed by atoms with Crippen LogP contribution < -0.4 is 0 Å². The van der Waals surface area contributed by atoms with Gasteiger partial charge in [-0.25, -0.2) is 0 Å². The maximum Gasteiger partial charge on any atom is 0.140 e. The van der Waals surface area contributed by atoms with Crippen LogP contribution in [-0.4, -0.2) is 5.78 Å². The van der Waals surface area contributed by atoms with E-state index in [9.17, 15) is 4.79 Å². The van der Waals surface area contributed by atoms with Gasteiger partial charge in [-0.15, -0.1) is 0 Å². The topological polar surface area (TPSA) is 17.1 Å². The Labute approximate surface area is 85.9 Å². The fourth-order valence-electron chi connectivity index (χ4n) is 2.98. The van der Waals surface area contributed by atoms with Gasteiger partial charge in [-0.3, -0.25) is 4.79 Å². The molecule has 0 aromatic rings. The van der Waals surface area contributed by atoms with Crippen LogP contribution in [0.25, 0.3) is 0 Å². The quantitative estimate of drug-likeness (QED) is 0.573. The van der Waals surface area contributed by atoms with E-state index in [0.717, 1.165) is 25.7 Å². The van der Waals surface area contributed by atoms with Crippen molar-refractivity contribution >= 4 is 5.78 Å². The largest absolute Gasteiger partial charge is 0.299 e. The number of Topliss-reactive ketones (excluding diaryl/α,β-unsaturated/α-hetero) is 1. The van der Waals surface area contributed by atoms with Gasteiger partial charge in [0.05, 0.1) is 0 Å². The van der Waals surface area contributed by atoms with Gasteiger partial charge in [0.25, 0.3) is 0 Å². The molecule has 0 bridgehead atoms. The van der Waals surface area contributed by atoms with E-state index < -0.39 is 0 Å². The number of ketones is 1. The van der Waals surface area contributed by atoms with Crippen molar-refractivity contribution in [3.63, 3.8) is 0 Å². The molecule has 0 aromatic carbocycles. The SMILES string of the molecule is C/C1=C/C=C\CC[C@]2(C)CCC(=O)[C@H]12. The number of hydrogen-bond acceptors (Lipinski definition) is 1. The minimum absolute atomic E-state index is 0.201. The summed E-state index contributed by atoms with van der Waals surface area (Å²) in [6.45, 7) is 4.38. The van der Waals surface area contributed by atoms with E-state index in [2.05, 4.69) is 32.1 Å². The molecule has 1 saturated carbocycles. The highest BCUT2D eigenvalue weighted by molar-refractivity contribution is 5.86. The molecule has 2 aliphatic rings. The summed E-state index contributed by atoms with van der Waals surface area (Å²) in [6, 6.07) is 0. The molecule has 2 atom stereocenters. The van der Waals surface area contributed by atoms with E-state index in [1.165, 1.54) is 5.57 Å². The molecule has 0 radical (unpaired) electrons. The maximum atomic E-state index is 11.8. The van der Waals surface area contributed by atoms with Gasteiger partial charge in [-0.2, -0.15) is 0 Å². The second-order valence-corrected chi connectivity index (χ2v) is 4.93. The Bertz CT molecular complexity index is 311. The van der Waals surface area contributed by atoms with E-state index in [0.29, 0.717) is 5.78 Å². The normalized spacial score (nSPS) is 43.4. The first-order chi connectivity index (χ1) is 6.63. The van der Waals surface area contributed by atoms with Gasteiger partial charge in [-0.1, -0.05) is 30.7 Å². The predicted molar refractivity (Wildman–Crippen MR) is 58.0 cm³/mol. The second kappa shape index (κ2) is 3.38. The smallest absolute Gasteiger partial charge is 0.140 e. The minimum Gasteiger partial charge on any atom is -0.299 e. The van der Waals surface area contributed by atoms with Gasteiger partial charge in [-0.05, 0) is 31.6 Å². The Morgan fingerprint density at radius 3 is 3.00 bits per heavy atom. The van der Waals surface area contributed by atoms with E-state index in [1.54, 1.807) is 0 Å². The summed E-state index contributed by atoms with van der Waals surface area (Å²) < 4.78 is 0. The predicted octanol–water partition coefficient (Wildman–Crippen LogP) is 3.27. The average Bonchev–Trinajstić information content (AvgIpc) is 2.39. The molecule has 2 rings (SSSR count). The van der Waals surface area contributed by atoms with Crippen molar-refractivity contribution in [1.82, 2.24) is 0 Å². The fraction of sp³-hybridized carbons (Fsp3) is 0.615. The van der Waals surface area contributed by atoms with E-state index in [-0.39, 0.29) is 11.3 Å². The van der Waals surface area contributed by atoms with Crippen molar-refractivity contribution < 1.29 is 4.79 Å². The molecule has 14 heavy (non-hydrogen) atoms. The van der Waals surface area contributed by atoms with Crippen LogP contribution in [0.5, 0.6) is 0 Å². The summed E-state index contributed by atoms with van der Waals surface area (Å²) in [4.78, 5) is 11.8. The lowest BCUT2D eigenvalue weighted by atomic mass is 9.72. The molecule has 0 saturated heterocycles. The number of carbonyl (C=O) groups is 1. The van der Waals surface area contributed by atoms with Crippen LogP contribution in [0, 0.1) is 11.3 Å². The third-order valence-electron chi connectivity index (χ3n) is 3.79. The highest BCUT2D eigenvalue weighted by atomic mass is 16.1. The molecule has 0 aliphatic heterocycles. The van der Waals surface area contributed by atoms with Crippen molar-refractivity contribution in [2.24, 2.45) is 11.3 Å². The molecule has 1 fully saturated rings. The molecule has 1 heteroatoms. The van der Waals surface area contributed by atoms with Crippen LogP contribution in [0.15, 0.2) is 23.8 Å². The van der Waals surface area contributed by atoms with Gasteiger partial charge in [0.15, 0.2) is 0 Å². The molecule has 76 valence electrons. The number of rotatable bonds is 0. The van der Waals surface area contributed by atoms with Crippen molar-refractivity contribution in [1.29, 1.82) is 0 Å². The first-order valence-corrected chi connectivity index (χ1v) is 5.49. The molecule has 0 aromatic heterocycles. The van der Waals surface area contributed by atoms with E-state index in [1.807, 2.05) is 0 Å². The zero-order valence-electron chi connectivity index (χ0n) is 9.05. The monoisotopic (exact) mass is 190 g/mol. The summed E-state index contributed by atoms with van der Waals surface area (Å²) in [5, 5.41) is 0. The lowest BCUT2D eigenvalue weighted by molar-refractivity contribution is -0.121. The number of carbonyl (C=O) groups excluding carboxylic acids is 1. The molecule has 0 heterocycles. The molecule has 1 nitrogen and oxygen atoms in total. The lowest BCUT2D eigenvalue weighted by Crippen LogP contribution is -2.27. The Hall–Kier alpha value is -0.850. The maximum absolute atomic E-state index is 11.8. The number of allylic oxidation sites excluding steroid dienone is 4. The summed E-state index contributed by atoms with van der Waals surface area (Å²) in [5.74, 6) is 0.656. The lowest BCUT2D eigenvalue weighted by Gasteiger charge is -2.31. The Morgan fingerprint density at radius 1 is 1.43 bits per heavy atom. The second-order valence-electron chi connectivity index (χ2n) is 4.93. The molecule has 0 spiro atoms. The zero-order chi connectivity index (χ0) is 10.2. The van der Waals surface area contributed by atoms with Crippen molar-refractivity contribution in [3.05, 3.63) is 23.8 Å². The van der Waals surface area contributed by atoms with Crippen molar-refractivity contribution in [2.75, 3.05) is 0 Å². The van der Waals surface area contributed by atoms with Crippen LogP contribution in [0.4, 0.5) is 0 Å². The summed E-state index contributed by atoms with van der Waals surface area (Å²) in [5.41, 5.74) is 1.49. The Morgan fingerprint density at radius 2 is 2.21 bits per heavy atom. The fourth-order valence-corrected chi connectivity index (χ4v) is 2.98. The highest BCUT2D eigenvalue weighted by Crippen LogP contribution is 2.48. The number of fused-ring (bicyclic) bond motifs is 1. The van der Waals surface area contributed by atoms with Crippen LogP contribution in [0.3, 0.4) is 0 Å². The van der Waals surface area contributed by atoms with Crippen LogP contribution in [-0.2, 0) is 4.79 Å². The molecule has 0 N–H and O–H groups in total. The summed E-state index contributed by atoms with van der Waals surface area (Å²) in [6.07, 6.45) is 10.6. The molecular formula is C13H18O. The van der Waals surface area contributed by atoms with Crippen LogP contribution >= 0.6 is 0 Å². The Balaban J connectivity index is 2.38. The van der Waals surface area contributed by atoms with Gasteiger partial charge in [0.2, 0.25) is 0 Å². The van der Waals surface area contributed by atoms with Crippen molar-refractivity contribution in [2.45, 2.75) is 39.5 Å². The molecular weight excluding hydrogens is 172 g/mol. The summed E-state index contributed by atoms with van der Waals surface area (Å²) in [7, 11) is 0. The minimum atomic E-state index is 0.201. The van der Waals surface area contributed by atoms with Gasteiger partial charge in [0.1, 0.15) is 5.78 Å². The van der Waals surface area contributed by atoms with E-state index >= 15 is 0 Å². The number of hydrogen-bond donors (Lipinski definition) is 0. The van der Waals surface area contributed by atoms with E-state index in [4.69, 9.17) is 0 Å². The molecule has 0 amide bonds. The first-order valence-electron chi connectivity index (χ1n) is 5.49. The third-order valence-corrected chi connectivity index (χ3v) is 3.79. The van der Waals surface area contributed by atoms with Gasteiger partial charge >= 0.3 is 0 Å². The average molecular weight is 190 g/mol. The zero-order valence-corrected chi connectivity index (χ0v) is 9.05.